The van der Waals surface area contributed by atoms with Crippen LogP contribution in [0.3, 0.4) is 0 Å². The van der Waals surface area contributed by atoms with Gasteiger partial charge in [-0.15, -0.1) is 0 Å². The molecule has 2 aromatic rings. The summed E-state index contributed by atoms with van der Waals surface area (Å²) in [7, 11) is 1.25. The summed E-state index contributed by atoms with van der Waals surface area (Å²) in [4.78, 5) is 15.1. The zero-order valence-corrected chi connectivity index (χ0v) is 10.2. The summed E-state index contributed by atoms with van der Waals surface area (Å²) in [5, 5.41) is 0. The first-order valence-electron chi connectivity index (χ1n) is 5.50. The molecule has 3 nitrogen and oxygen atoms in total. The molecule has 0 saturated carbocycles. The number of halogens is 1. The van der Waals surface area contributed by atoms with Gasteiger partial charge in [-0.1, -0.05) is 11.8 Å². The molecule has 1 heterocycles. The van der Waals surface area contributed by atoms with Crippen LogP contribution >= 0.6 is 0 Å². The smallest absolute Gasteiger partial charge is 0.337 e. The Kier molecular flexibility index (Phi) is 3.89. The standard InChI is InChI=1S/C15H10FNO2/c1-19-15(18)13-5-4-12(14(16)10-13)3-2-11-6-8-17-9-7-11/h4-10H,1H3. The maximum absolute atomic E-state index is 13.7. The predicted molar refractivity (Wildman–Crippen MR) is 68.0 cm³/mol. The van der Waals surface area contributed by atoms with Crippen molar-refractivity contribution >= 4 is 5.97 Å². The van der Waals surface area contributed by atoms with Crippen LogP contribution in [0, 0.1) is 17.7 Å². The van der Waals surface area contributed by atoms with E-state index < -0.39 is 11.8 Å². The van der Waals surface area contributed by atoms with Crippen molar-refractivity contribution in [1.29, 1.82) is 0 Å². The van der Waals surface area contributed by atoms with Crippen molar-refractivity contribution in [3.8, 4) is 11.8 Å². The van der Waals surface area contributed by atoms with Gasteiger partial charge in [0.05, 0.1) is 18.2 Å². The Morgan fingerprint density at radius 3 is 2.58 bits per heavy atom. The van der Waals surface area contributed by atoms with Crippen LogP contribution in [0.4, 0.5) is 4.39 Å². The summed E-state index contributed by atoms with van der Waals surface area (Å²) in [6.45, 7) is 0. The first-order chi connectivity index (χ1) is 9.20. The number of carbonyl (C=O) groups is 1. The summed E-state index contributed by atoms with van der Waals surface area (Å²) in [5.74, 6) is 4.40. The fourth-order valence-electron chi connectivity index (χ4n) is 1.44. The zero-order chi connectivity index (χ0) is 13.7. The fourth-order valence-corrected chi connectivity index (χ4v) is 1.44. The fraction of sp³-hybridized carbons (Fsp3) is 0.0667. The van der Waals surface area contributed by atoms with Gasteiger partial charge in [0.2, 0.25) is 0 Å². The van der Waals surface area contributed by atoms with Gasteiger partial charge in [0.25, 0.3) is 0 Å². The van der Waals surface area contributed by atoms with Crippen molar-refractivity contribution in [2.75, 3.05) is 7.11 Å². The van der Waals surface area contributed by atoms with Crippen LogP contribution in [-0.2, 0) is 4.74 Å². The number of hydrogen-bond acceptors (Lipinski definition) is 3. The third kappa shape index (κ3) is 3.17. The zero-order valence-electron chi connectivity index (χ0n) is 10.2. The summed E-state index contributed by atoms with van der Waals surface area (Å²) in [6, 6.07) is 7.51. The van der Waals surface area contributed by atoms with Crippen molar-refractivity contribution in [2.45, 2.75) is 0 Å². The largest absolute Gasteiger partial charge is 0.465 e. The molecule has 0 spiro atoms. The SMILES string of the molecule is COC(=O)c1ccc(C#Cc2ccncc2)c(F)c1. The van der Waals surface area contributed by atoms with Gasteiger partial charge in [0.15, 0.2) is 0 Å². The molecule has 0 unspecified atom stereocenters. The minimum atomic E-state index is -0.576. The highest BCUT2D eigenvalue weighted by atomic mass is 19.1. The Labute approximate surface area is 110 Å². The third-order valence-corrected chi connectivity index (χ3v) is 2.41. The summed E-state index contributed by atoms with van der Waals surface area (Å²) >= 11 is 0. The van der Waals surface area contributed by atoms with E-state index in [9.17, 15) is 9.18 Å². The molecule has 0 aliphatic carbocycles. The molecular formula is C15H10FNO2. The lowest BCUT2D eigenvalue weighted by Gasteiger charge is -2.00. The molecule has 94 valence electrons. The average molecular weight is 255 g/mol. The molecule has 1 aromatic carbocycles. The second-order valence-corrected chi connectivity index (χ2v) is 3.67. The second-order valence-electron chi connectivity index (χ2n) is 3.67. The number of aromatic nitrogens is 1. The summed E-state index contributed by atoms with van der Waals surface area (Å²) in [5.41, 5.74) is 1.13. The predicted octanol–water partition coefficient (Wildman–Crippen LogP) is 2.41. The van der Waals surface area contributed by atoms with Crippen LogP contribution in [0.25, 0.3) is 0 Å². The van der Waals surface area contributed by atoms with Gasteiger partial charge in [-0.25, -0.2) is 9.18 Å². The van der Waals surface area contributed by atoms with Crippen LogP contribution in [-0.4, -0.2) is 18.1 Å². The highest BCUT2D eigenvalue weighted by molar-refractivity contribution is 5.89. The Balaban J connectivity index is 2.28. The van der Waals surface area contributed by atoms with E-state index in [1.54, 1.807) is 24.5 Å². The average Bonchev–Trinajstić information content (AvgIpc) is 2.46. The van der Waals surface area contributed by atoms with Crippen molar-refractivity contribution in [1.82, 2.24) is 4.98 Å². The normalized spacial score (nSPS) is 9.37. The second kappa shape index (κ2) is 5.78. The van der Waals surface area contributed by atoms with E-state index in [-0.39, 0.29) is 11.1 Å². The maximum atomic E-state index is 13.7. The number of carbonyl (C=O) groups excluding carboxylic acids is 1. The highest BCUT2D eigenvalue weighted by Gasteiger charge is 2.08. The van der Waals surface area contributed by atoms with Gasteiger partial charge in [-0.2, -0.15) is 0 Å². The topological polar surface area (TPSA) is 39.2 Å². The van der Waals surface area contributed by atoms with Gasteiger partial charge < -0.3 is 4.74 Å². The van der Waals surface area contributed by atoms with Gasteiger partial charge in [0, 0.05) is 18.0 Å². The van der Waals surface area contributed by atoms with Crippen molar-refractivity contribution in [3.63, 3.8) is 0 Å². The van der Waals surface area contributed by atoms with Crippen molar-refractivity contribution in [3.05, 3.63) is 65.2 Å². The molecule has 19 heavy (non-hydrogen) atoms. The summed E-state index contributed by atoms with van der Waals surface area (Å²) in [6.07, 6.45) is 3.22. The number of nitrogens with zero attached hydrogens (tertiary/aromatic N) is 1. The molecule has 4 heteroatoms. The van der Waals surface area contributed by atoms with Crippen LogP contribution < -0.4 is 0 Å². The Bertz CT molecular complexity index is 657. The van der Waals surface area contributed by atoms with Gasteiger partial charge in [0.1, 0.15) is 5.82 Å². The van der Waals surface area contributed by atoms with Crippen molar-refractivity contribution < 1.29 is 13.9 Å². The molecule has 0 saturated heterocycles. The van der Waals surface area contributed by atoms with Crippen LogP contribution in [0.5, 0.6) is 0 Å². The van der Waals surface area contributed by atoms with E-state index in [0.29, 0.717) is 0 Å². The number of hydrogen-bond donors (Lipinski definition) is 0. The first-order valence-corrected chi connectivity index (χ1v) is 5.50. The molecule has 0 atom stereocenters. The number of ether oxygens (including phenoxy) is 1. The van der Waals surface area contributed by atoms with Gasteiger partial charge >= 0.3 is 5.97 Å². The molecule has 0 aliphatic rings. The molecular weight excluding hydrogens is 245 g/mol. The summed E-state index contributed by atoms with van der Waals surface area (Å²) < 4.78 is 18.2. The molecule has 0 amide bonds. The van der Waals surface area contributed by atoms with Gasteiger partial charge in [-0.3, -0.25) is 4.98 Å². The Hall–Kier alpha value is -2.67. The lowest BCUT2D eigenvalue weighted by atomic mass is 10.1. The van der Waals surface area contributed by atoms with Crippen LogP contribution in [0.15, 0.2) is 42.7 Å². The molecule has 0 aliphatic heterocycles. The Morgan fingerprint density at radius 1 is 1.21 bits per heavy atom. The van der Waals surface area contributed by atoms with Gasteiger partial charge in [-0.05, 0) is 30.3 Å². The van der Waals surface area contributed by atoms with Crippen molar-refractivity contribution in [2.24, 2.45) is 0 Å². The van der Waals surface area contributed by atoms with E-state index in [0.717, 1.165) is 11.6 Å². The van der Waals surface area contributed by atoms with Crippen LogP contribution in [0.1, 0.15) is 21.5 Å². The Morgan fingerprint density at radius 2 is 1.95 bits per heavy atom. The van der Waals surface area contributed by atoms with E-state index in [2.05, 4.69) is 21.6 Å². The number of benzene rings is 1. The van der Waals surface area contributed by atoms with Crippen LogP contribution in [0.2, 0.25) is 0 Å². The quantitative estimate of drug-likeness (QED) is 0.580. The minimum absolute atomic E-state index is 0.162. The third-order valence-electron chi connectivity index (χ3n) is 2.41. The van der Waals surface area contributed by atoms with E-state index in [4.69, 9.17) is 0 Å². The molecule has 0 fully saturated rings. The number of esters is 1. The minimum Gasteiger partial charge on any atom is -0.465 e. The molecule has 0 N–H and O–H groups in total. The maximum Gasteiger partial charge on any atom is 0.337 e. The molecule has 0 radical (unpaired) electrons. The first kappa shape index (κ1) is 12.8. The number of rotatable bonds is 1. The molecule has 2 rings (SSSR count). The lowest BCUT2D eigenvalue weighted by Crippen LogP contribution is -2.02. The highest BCUT2D eigenvalue weighted by Crippen LogP contribution is 2.10. The number of pyridine rings is 1. The number of methoxy groups -OCH3 is 1. The molecule has 1 aromatic heterocycles. The van der Waals surface area contributed by atoms with E-state index in [1.807, 2.05) is 0 Å². The van der Waals surface area contributed by atoms with E-state index >= 15 is 0 Å². The molecule has 0 bridgehead atoms. The lowest BCUT2D eigenvalue weighted by molar-refractivity contribution is 0.0600. The van der Waals surface area contributed by atoms with E-state index in [1.165, 1.54) is 19.2 Å². The monoisotopic (exact) mass is 255 g/mol.